The maximum Gasteiger partial charge on any atom is 0.223 e. The van der Waals surface area contributed by atoms with Crippen LogP contribution in [0.5, 0.6) is 0 Å². The van der Waals surface area contributed by atoms with Crippen LogP contribution in [-0.4, -0.2) is 35.5 Å². The quantitative estimate of drug-likeness (QED) is 0.822. The zero-order valence-corrected chi connectivity index (χ0v) is 12.4. The third-order valence-corrected chi connectivity index (χ3v) is 5.04. The van der Waals surface area contributed by atoms with Gasteiger partial charge in [-0.3, -0.25) is 4.79 Å². The highest BCUT2D eigenvalue weighted by atomic mass is 32.2. The van der Waals surface area contributed by atoms with E-state index in [-0.39, 0.29) is 17.9 Å². The van der Waals surface area contributed by atoms with Crippen molar-refractivity contribution in [2.75, 3.05) is 11.5 Å². The molecule has 3 nitrogen and oxygen atoms in total. The Morgan fingerprint density at radius 1 is 1.22 bits per heavy atom. The molecule has 2 aliphatic rings. The highest BCUT2D eigenvalue weighted by Gasteiger charge is 2.29. The van der Waals surface area contributed by atoms with Crippen LogP contribution in [0.2, 0.25) is 0 Å². The van der Waals surface area contributed by atoms with Crippen LogP contribution in [0.1, 0.15) is 46.0 Å². The Morgan fingerprint density at radius 3 is 2.72 bits per heavy atom. The summed E-state index contributed by atoms with van der Waals surface area (Å²) in [5, 5.41) is 6.81. The lowest BCUT2D eigenvalue weighted by Gasteiger charge is -2.31. The van der Waals surface area contributed by atoms with Crippen LogP contribution in [0.4, 0.5) is 0 Å². The molecular weight excluding hydrogens is 244 g/mol. The molecule has 0 aromatic heterocycles. The molecule has 0 spiro atoms. The standard InChI is InChI=1S/C14H26N2OS/c1-10(2)15-14(17)11-4-3-5-12(8-11)16-13-6-7-18-9-13/h10-13,16H,3-9H2,1-2H3,(H,15,17)/t11-,12+,13+/m1/s1. The molecule has 4 heteroatoms. The summed E-state index contributed by atoms with van der Waals surface area (Å²) in [5.74, 6) is 3.03. The van der Waals surface area contributed by atoms with Crippen LogP contribution in [0.25, 0.3) is 0 Å². The van der Waals surface area contributed by atoms with Crippen molar-refractivity contribution in [3.05, 3.63) is 0 Å². The molecule has 1 aliphatic carbocycles. The van der Waals surface area contributed by atoms with Gasteiger partial charge in [-0.2, -0.15) is 11.8 Å². The van der Waals surface area contributed by atoms with Crippen LogP contribution >= 0.6 is 11.8 Å². The van der Waals surface area contributed by atoms with Crippen molar-refractivity contribution < 1.29 is 4.79 Å². The molecule has 3 atom stereocenters. The molecule has 2 N–H and O–H groups in total. The second-order valence-corrected chi connectivity index (χ2v) is 7.10. The fourth-order valence-electron chi connectivity index (χ4n) is 2.98. The Morgan fingerprint density at radius 2 is 2.06 bits per heavy atom. The molecule has 1 aliphatic heterocycles. The van der Waals surface area contributed by atoms with Gasteiger partial charge < -0.3 is 10.6 Å². The second-order valence-electron chi connectivity index (χ2n) is 5.95. The van der Waals surface area contributed by atoms with Crippen molar-refractivity contribution in [2.45, 2.75) is 64.1 Å². The predicted molar refractivity (Wildman–Crippen MR) is 77.9 cm³/mol. The van der Waals surface area contributed by atoms with E-state index in [9.17, 15) is 4.79 Å². The van der Waals surface area contributed by atoms with E-state index in [4.69, 9.17) is 0 Å². The lowest BCUT2D eigenvalue weighted by molar-refractivity contribution is -0.126. The molecule has 18 heavy (non-hydrogen) atoms. The number of carbonyl (C=O) groups excluding carboxylic acids is 1. The van der Waals surface area contributed by atoms with E-state index in [1.165, 1.54) is 30.8 Å². The average molecular weight is 270 g/mol. The molecule has 0 unspecified atom stereocenters. The molecule has 1 heterocycles. The smallest absolute Gasteiger partial charge is 0.223 e. The molecule has 1 saturated heterocycles. The van der Waals surface area contributed by atoms with Crippen LogP contribution in [0.15, 0.2) is 0 Å². The van der Waals surface area contributed by atoms with Gasteiger partial charge in [0.25, 0.3) is 0 Å². The number of thioether (sulfide) groups is 1. The van der Waals surface area contributed by atoms with Gasteiger partial charge >= 0.3 is 0 Å². The summed E-state index contributed by atoms with van der Waals surface area (Å²) in [6, 6.07) is 1.51. The molecule has 104 valence electrons. The molecule has 0 aromatic carbocycles. The van der Waals surface area contributed by atoms with E-state index < -0.39 is 0 Å². The summed E-state index contributed by atoms with van der Waals surface area (Å²) < 4.78 is 0. The van der Waals surface area contributed by atoms with E-state index in [2.05, 4.69) is 10.6 Å². The number of rotatable bonds is 4. The maximum atomic E-state index is 12.0. The highest BCUT2D eigenvalue weighted by molar-refractivity contribution is 7.99. The minimum atomic E-state index is 0.229. The third-order valence-electron chi connectivity index (χ3n) is 3.88. The average Bonchev–Trinajstić information content (AvgIpc) is 2.81. The predicted octanol–water partition coefficient (Wildman–Crippen LogP) is 2.16. The minimum Gasteiger partial charge on any atom is -0.354 e. The fraction of sp³-hybridized carbons (Fsp3) is 0.929. The van der Waals surface area contributed by atoms with E-state index in [1.54, 1.807) is 0 Å². The number of carbonyl (C=O) groups is 1. The van der Waals surface area contributed by atoms with Gasteiger partial charge in [-0.25, -0.2) is 0 Å². The second kappa shape index (κ2) is 6.80. The normalized spacial score (nSPS) is 32.7. The Labute approximate surface area is 115 Å². The van der Waals surface area contributed by atoms with Gasteiger partial charge in [-0.15, -0.1) is 0 Å². The molecule has 1 amide bonds. The molecule has 2 rings (SSSR count). The maximum absolute atomic E-state index is 12.0. The van der Waals surface area contributed by atoms with E-state index in [0.717, 1.165) is 12.8 Å². The first-order valence-electron chi connectivity index (χ1n) is 7.29. The van der Waals surface area contributed by atoms with E-state index in [1.807, 2.05) is 25.6 Å². The summed E-state index contributed by atoms with van der Waals surface area (Å²) >= 11 is 2.04. The zero-order valence-electron chi connectivity index (χ0n) is 11.6. The van der Waals surface area contributed by atoms with Gasteiger partial charge in [0.2, 0.25) is 5.91 Å². The Hall–Kier alpha value is -0.220. The highest BCUT2D eigenvalue weighted by Crippen LogP contribution is 2.26. The lowest BCUT2D eigenvalue weighted by Crippen LogP contribution is -2.45. The van der Waals surface area contributed by atoms with Crippen molar-refractivity contribution in [1.29, 1.82) is 0 Å². The number of hydrogen-bond acceptors (Lipinski definition) is 3. The van der Waals surface area contributed by atoms with Gasteiger partial charge in [0.1, 0.15) is 0 Å². The van der Waals surface area contributed by atoms with Crippen molar-refractivity contribution in [3.8, 4) is 0 Å². The summed E-state index contributed by atoms with van der Waals surface area (Å²) in [7, 11) is 0. The van der Waals surface area contributed by atoms with Crippen molar-refractivity contribution in [3.63, 3.8) is 0 Å². The first-order chi connectivity index (χ1) is 8.65. The Balaban J connectivity index is 1.78. The first kappa shape index (κ1) is 14.2. The van der Waals surface area contributed by atoms with Gasteiger partial charge in [0, 0.05) is 29.8 Å². The number of amides is 1. The van der Waals surface area contributed by atoms with Crippen LogP contribution in [0, 0.1) is 5.92 Å². The van der Waals surface area contributed by atoms with Gasteiger partial charge in [0.15, 0.2) is 0 Å². The summed E-state index contributed by atoms with van der Waals surface area (Å²) in [4.78, 5) is 12.0. The molecule has 0 bridgehead atoms. The lowest BCUT2D eigenvalue weighted by atomic mass is 9.84. The Bertz CT molecular complexity index is 277. The summed E-state index contributed by atoms with van der Waals surface area (Å²) in [6.07, 6.45) is 5.82. The van der Waals surface area contributed by atoms with Gasteiger partial charge in [-0.1, -0.05) is 6.42 Å². The number of hydrogen-bond donors (Lipinski definition) is 2. The topological polar surface area (TPSA) is 41.1 Å². The van der Waals surface area contributed by atoms with Crippen molar-refractivity contribution >= 4 is 17.7 Å². The Kier molecular flexibility index (Phi) is 5.37. The van der Waals surface area contributed by atoms with Crippen molar-refractivity contribution in [1.82, 2.24) is 10.6 Å². The molecule has 2 fully saturated rings. The van der Waals surface area contributed by atoms with Crippen molar-refractivity contribution in [2.24, 2.45) is 5.92 Å². The van der Waals surface area contributed by atoms with Crippen LogP contribution in [-0.2, 0) is 4.79 Å². The van der Waals surface area contributed by atoms with Gasteiger partial charge in [0.05, 0.1) is 0 Å². The first-order valence-corrected chi connectivity index (χ1v) is 8.45. The molecule has 1 saturated carbocycles. The fourth-order valence-corrected chi connectivity index (χ4v) is 4.15. The molecule has 0 radical (unpaired) electrons. The molecular formula is C14H26N2OS. The number of nitrogens with one attached hydrogen (secondary N) is 2. The largest absolute Gasteiger partial charge is 0.354 e. The van der Waals surface area contributed by atoms with E-state index in [0.29, 0.717) is 12.1 Å². The summed E-state index contributed by atoms with van der Waals surface area (Å²) in [5.41, 5.74) is 0. The third kappa shape index (κ3) is 4.16. The van der Waals surface area contributed by atoms with Crippen LogP contribution in [0.3, 0.4) is 0 Å². The monoisotopic (exact) mass is 270 g/mol. The van der Waals surface area contributed by atoms with Gasteiger partial charge in [-0.05, 0) is 45.3 Å². The summed E-state index contributed by atoms with van der Waals surface area (Å²) in [6.45, 7) is 4.07. The molecule has 0 aromatic rings. The van der Waals surface area contributed by atoms with Crippen LogP contribution < -0.4 is 10.6 Å². The van der Waals surface area contributed by atoms with E-state index >= 15 is 0 Å². The minimum absolute atomic E-state index is 0.229. The zero-order chi connectivity index (χ0) is 13.0. The SMILES string of the molecule is CC(C)NC(=O)[C@@H]1CCC[C@H](N[C@H]2CCSC2)C1.